The van der Waals surface area contributed by atoms with Crippen molar-refractivity contribution in [1.29, 1.82) is 0 Å². The van der Waals surface area contributed by atoms with Gasteiger partial charge in [0, 0.05) is 38.8 Å². The summed E-state index contributed by atoms with van der Waals surface area (Å²) in [5.74, 6) is 1.64. The zero-order valence-electron chi connectivity index (χ0n) is 20.4. The van der Waals surface area contributed by atoms with Gasteiger partial charge in [-0.15, -0.1) is 24.0 Å². The van der Waals surface area contributed by atoms with Crippen LogP contribution in [0.5, 0.6) is 5.75 Å². The molecule has 0 fully saturated rings. The first-order valence-electron chi connectivity index (χ1n) is 11.2. The van der Waals surface area contributed by atoms with Crippen molar-refractivity contribution in [2.75, 3.05) is 47.4 Å². The van der Waals surface area contributed by atoms with Crippen molar-refractivity contribution in [2.45, 2.75) is 26.9 Å². The van der Waals surface area contributed by atoms with Gasteiger partial charge in [0.25, 0.3) is 5.91 Å². The number of carbonyl (C=O) groups excluding carboxylic acids is 1. The van der Waals surface area contributed by atoms with E-state index in [-0.39, 0.29) is 29.9 Å². The predicted molar refractivity (Wildman–Crippen MR) is 147 cm³/mol. The SMILES string of the molecule is CCNC(=NCc1cccc(C(=O)NCCN(C)C)c1)N(C)Cc1ccc(OCC)cc1.I. The summed E-state index contributed by atoms with van der Waals surface area (Å²) in [6.07, 6.45) is 0. The Bertz CT molecular complexity index is 871. The van der Waals surface area contributed by atoms with E-state index in [1.54, 1.807) is 0 Å². The molecule has 0 atom stereocenters. The zero-order chi connectivity index (χ0) is 23.3. The predicted octanol–water partition coefficient (Wildman–Crippen LogP) is 3.59. The molecule has 2 aromatic rings. The summed E-state index contributed by atoms with van der Waals surface area (Å²) < 4.78 is 5.52. The summed E-state index contributed by atoms with van der Waals surface area (Å²) >= 11 is 0. The molecule has 2 N–H and O–H groups in total. The second-order valence-electron chi connectivity index (χ2n) is 7.86. The van der Waals surface area contributed by atoms with Crippen molar-refractivity contribution in [1.82, 2.24) is 20.4 Å². The van der Waals surface area contributed by atoms with Crippen molar-refractivity contribution in [3.05, 3.63) is 65.2 Å². The highest BCUT2D eigenvalue weighted by atomic mass is 127. The first kappa shape index (κ1) is 28.7. The molecule has 2 aromatic carbocycles. The average molecular weight is 568 g/mol. The van der Waals surface area contributed by atoms with Crippen LogP contribution in [-0.2, 0) is 13.1 Å². The van der Waals surface area contributed by atoms with Crippen molar-refractivity contribution in [2.24, 2.45) is 4.99 Å². The molecular formula is C25H38IN5O2. The molecule has 8 heteroatoms. The molecule has 182 valence electrons. The van der Waals surface area contributed by atoms with Gasteiger partial charge in [0.1, 0.15) is 5.75 Å². The molecular weight excluding hydrogens is 529 g/mol. The lowest BCUT2D eigenvalue weighted by Crippen LogP contribution is -2.38. The van der Waals surface area contributed by atoms with Gasteiger partial charge < -0.3 is 25.2 Å². The van der Waals surface area contributed by atoms with Crippen LogP contribution in [0.3, 0.4) is 0 Å². The van der Waals surface area contributed by atoms with Crippen LogP contribution in [0, 0.1) is 0 Å². The quantitative estimate of drug-likeness (QED) is 0.247. The number of benzene rings is 2. The van der Waals surface area contributed by atoms with Gasteiger partial charge in [-0.1, -0.05) is 24.3 Å². The number of hydrogen-bond donors (Lipinski definition) is 2. The third-order valence-corrected chi connectivity index (χ3v) is 4.80. The van der Waals surface area contributed by atoms with E-state index in [0.717, 1.165) is 36.9 Å². The van der Waals surface area contributed by atoms with Crippen LogP contribution in [0.1, 0.15) is 35.3 Å². The van der Waals surface area contributed by atoms with E-state index in [4.69, 9.17) is 9.73 Å². The number of guanidine groups is 1. The summed E-state index contributed by atoms with van der Waals surface area (Å²) in [5, 5.41) is 6.30. The molecule has 0 unspecified atom stereocenters. The Labute approximate surface area is 215 Å². The fourth-order valence-electron chi connectivity index (χ4n) is 3.15. The third-order valence-electron chi connectivity index (χ3n) is 4.80. The van der Waals surface area contributed by atoms with Crippen molar-refractivity contribution in [3.8, 4) is 5.75 Å². The number of nitrogens with zero attached hydrogens (tertiary/aromatic N) is 3. The van der Waals surface area contributed by atoms with Crippen molar-refractivity contribution >= 4 is 35.8 Å². The largest absolute Gasteiger partial charge is 0.494 e. The lowest BCUT2D eigenvalue weighted by molar-refractivity contribution is 0.0951. The molecule has 0 saturated heterocycles. The van der Waals surface area contributed by atoms with E-state index >= 15 is 0 Å². The van der Waals surface area contributed by atoms with Gasteiger partial charge in [0.05, 0.1) is 13.2 Å². The van der Waals surface area contributed by atoms with Gasteiger partial charge in [-0.3, -0.25) is 4.79 Å². The molecule has 0 bridgehead atoms. The molecule has 0 spiro atoms. The van der Waals surface area contributed by atoms with Gasteiger partial charge in [0.15, 0.2) is 5.96 Å². The Hall–Kier alpha value is -2.33. The summed E-state index contributed by atoms with van der Waals surface area (Å²) in [6.45, 7) is 8.13. The minimum Gasteiger partial charge on any atom is -0.494 e. The van der Waals surface area contributed by atoms with Crippen LogP contribution in [0.2, 0.25) is 0 Å². The third kappa shape index (κ3) is 10.4. The van der Waals surface area contributed by atoms with Crippen LogP contribution < -0.4 is 15.4 Å². The number of rotatable bonds is 11. The second kappa shape index (κ2) is 15.5. The molecule has 0 aliphatic rings. The van der Waals surface area contributed by atoms with Gasteiger partial charge in [-0.2, -0.15) is 0 Å². The zero-order valence-corrected chi connectivity index (χ0v) is 22.8. The standard InChI is InChI=1S/C25H37N5O2.HI/c1-6-26-25(30(5)19-20-11-13-23(14-12-20)32-7-2)28-18-21-9-8-10-22(17-21)24(31)27-15-16-29(3)4;/h8-14,17H,6-7,15-16,18-19H2,1-5H3,(H,26,28)(H,27,31);1H. The van der Waals surface area contributed by atoms with Crippen molar-refractivity contribution < 1.29 is 9.53 Å². The molecule has 7 nitrogen and oxygen atoms in total. The fourth-order valence-corrected chi connectivity index (χ4v) is 3.15. The van der Waals surface area contributed by atoms with Gasteiger partial charge >= 0.3 is 0 Å². The Kier molecular flexibility index (Phi) is 13.5. The minimum absolute atomic E-state index is 0. The van der Waals surface area contributed by atoms with Crippen LogP contribution in [-0.4, -0.2) is 69.1 Å². The number of hydrogen-bond acceptors (Lipinski definition) is 4. The summed E-state index contributed by atoms with van der Waals surface area (Å²) in [7, 11) is 5.99. The average Bonchev–Trinajstić information content (AvgIpc) is 2.78. The lowest BCUT2D eigenvalue weighted by atomic mass is 10.1. The smallest absolute Gasteiger partial charge is 0.251 e. The number of ether oxygens (including phenoxy) is 1. The minimum atomic E-state index is -0.0581. The molecule has 2 rings (SSSR count). The number of likely N-dealkylation sites (N-methyl/N-ethyl adjacent to an activating group) is 1. The van der Waals surface area contributed by atoms with Gasteiger partial charge in [-0.25, -0.2) is 4.99 Å². The van der Waals surface area contributed by atoms with Gasteiger partial charge in [-0.05, 0) is 63.3 Å². The normalized spacial score (nSPS) is 11.0. The van der Waals surface area contributed by atoms with Crippen molar-refractivity contribution in [3.63, 3.8) is 0 Å². The summed E-state index contributed by atoms with van der Waals surface area (Å²) in [4.78, 5) is 21.3. The number of amides is 1. The number of halogens is 1. The van der Waals surface area contributed by atoms with E-state index in [0.29, 0.717) is 25.3 Å². The first-order chi connectivity index (χ1) is 15.4. The van der Waals surface area contributed by atoms with Crippen LogP contribution in [0.4, 0.5) is 0 Å². The molecule has 0 aliphatic heterocycles. The highest BCUT2D eigenvalue weighted by molar-refractivity contribution is 14.0. The summed E-state index contributed by atoms with van der Waals surface area (Å²) in [6, 6.07) is 15.8. The molecule has 0 aliphatic carbocycles. The molecule has 0 radical (unpaired) electrons. The monoisotopic (exact) mass is 567 g/mol. The maximum atomic E-state index is 12.4. The molecule has 0 heterocycles. The summed E-state index contributed by atoms with van der Waals surface area (Å²) in [5.41, 5.74) is 2.83. The molecule has 1 amide bonds. The first-order valence-corrected chi connectivity index (χ1v) is 11.2. The van der Waals surface area contributed by atoms with E-state index < -0.39 is 0 Å². The maximum Gasteiger partial charge on any atom is 0.251 e. The number of aliphatic imine (C=N–C) groups is 1. The van der Waals surface area contributed by atoms with E-state index in [2.05, 4.69) is 34.6 Å². The molecule has 0 saturated carbocycles. The topological polar surface area (TPSA) is 69.2 Å². The number of nitrogens with one attached hydrogen (secondary N) is 2. The number of carbonyl (C=O) groups is 1. The van der Waals surface area contributed by atoms with Crippen LogP contribution in [0.25, 0.3) is 0 Å². The van der Waals surface area contributed by atoms with Crippen LogP contribution in [0.15, 0.2) is 53.5 Å². The Morgan fingerprint density at radius 3 is 2.36 bits per heavy atom. The van der Waals surface area contributed by atoms with E-state index in [1.807, 2.05) is 69.4 Å². The Morgan fingerprint density at radius 1 is 1.00 bits per heavy atom. The van der Waals surface area contributed by atoms with E-state index in [1.165, 1.54) is 5.56 Å². The Balaban J connectivity index is 0.00000544. The maximum absolute atomic E-state index is 12.4. The highest BCUT2D eigenvalue weighted by Gasteiger charge is 2.09. The van der Waals surface area contributed by atoms with Gasteiger partial charge in [0.2, 0.25) is 0 Å². The van der Waals surface area contributed by atoms with Crippen LogP contribution >= 0.6 is 24.0 Å². The fraction of sp³-hybridized carbons (Fsp3) is 0.440. The molecule has 0 aromatic heterocycles. The second-order valence-corrected chi connectivity index (χ2v) is 7.86. The lowest BCUT2D eigenvalue weighted by Gasteiger charge is -2.22. The van der Waals surface area contributed by atoms with E-state index in [9.17, 15) is 4.79 Å². The molecule has 33 heavy (non-hydrogen) atoms. The highest BCUT2D eigenvalue weighted by Crippen LogP contribution is 2.13. The Morgan fingerprint density at radius 2 is 1.73 bits per heavy atom.